The van der Waals surface area contributed by atoms with E-state index in [1.807, 2.05) is 18.2 Å². The van der Waals surface area contributed by atoms with Gasteiger partial charge in [-0.05, 0) is 24.5 Å². The van der Waals surface area contributed by atoms with Crippen molar-refractivity contribution in [1.29, 1.82) is 0 Å². The van der Waals surface area contributed by atoms with Crippen LogP contribution in [0.5, 0.6) is 0 Å². The van der Waals surface area contributed by atoms with Gasteiger partial charge in [-0.25, -0.2) is 0 Å². The van der Waals surface area contributed by atoms with Crippen LogP contribution in [0.3, 0.4) is 0 Å². The van der Waals surface area contributed by atoms with E-state index in [1.54, 1.807) is 7.11 Å². The molecule has 0 atom stereocenters. The zero-order valence-corrected chi connectivity index (χ0v) is 9.30. The second-order valence-corrected chi connectivity index (χ2v) is 3.63. The third kappa shape index (κ3) is 2.27. The molecule has 0 aliphatic carbocycles. The minimum atomic E-state index is 0.184. The first kappa shape index (κ1) is 10.4. The fourth-order valence-electron chi connectivity index (χ4n) is 1.56. The van der Waals surface area contributed by atoms with Crippen LogP contribution < -0.4 is 0 Å². The Morgan fingerprint density at radius 1 is 1.33 bits per heavy atom. The molecule has 0 aliphatic heterocycles. The van der Waals surface area contributed by atoms with Crippen molar-refractivity contribution in [2.24, 2.45) is 0 Å². The highest BCUT2D eigenvalue weighted by Crippen LogP contribution is 2.22. The van der Waals surface area contributed by atoms with Crippen molar-refractivity contribution in [3.8, 4) is 0 Å². The van der Waals surface area contributed by atoms with Gasteiger partial charge in [-0.2, -0.15) is 0 Å². The van der Waals surface area contributed by atoms with Crippen LogP contribution in [0.15, 0.2) is 27.0 Å². The van der Waals surface area contributed by atoms with E-state index in [1.165, 1.54) is 0 Å². The minimum Gasteiger partial charge on any atom is -0.413 e. The molecule has 0 bridgehead atoms. The van der Waals surface area contributed by atoms with Crippen LogP contribution in [0.1, 0.15) is 12.0 Å². The molecule has 0 amide bonds. The molecule has 0 saturated carbocycles. The van der Waals surface area contributed by atoms with Gasteiger partial charge in [0.25, 0.3) is 0 Å². The SMILES string of the molecule is COCCCc1cccc2oc(=S)oc12. The van der Waals surface area contributed by atoms with Gasteiger partial charge in [-0.3, -0.25) is 0 Å². The van der Waals surface area contributed by atoms with Crippen molar-refractivity contribution in [3.05, 3.63) is 28.7 Å². The number of methoxy groups -OCH3 is 1. The van der Waals surface area contributed by atoms with Crippen LogP contribution in [0.4, 0.5) is 0 Å². The van der Waals surface area contributed by atoms with Crippen LogP contribution in [0.2, 0.25) is 0 Å². The quantitative estimate of drug-likeness (QED) is 0.589. The van der Waals surface area contributed by atoms with Gasteiger partial charge in [0.05, 0.1) is 0 Å². The lowest BCUT2D eigenvalue weighted by Gasteiger charge is -2.00. The van der Waals surface area contributed by atoms with Crippen molar-refractivity contribution in [3.63, 3.8) is 0 Å². The van der Waals surface area contributed by atoms with E-state index in [4.69, 9.17) is 25.8 Å². The third-order valence-corrected chi connectivity index (χ3v) is 2.40. The molecule has 2 aromatic rings. The van der Waals surface area contributed by atoms with Crippen LogP contribution >= 0.6 is 12.2 Å². The maximum absolute atomic E-state index is 5.34. The average molecular weight is 224 g/mol. The van der Waals surface area contributed by atoms with Crippen molar-refractivity contribution in [1.82, 2.24) is 0 Å². The smallest absolute Gasteiger partial charge is 0.363 e. The molecule has 80 valence electrons. The Kier molecular flexibility index (Phi) is 3.18. The summed E-state index contributed by atoms with van der Waals surface area (Å²) in [5.41, 5.74) is 2.60. The molecule has 0 saturated heterocycles. The van der Waals surface area contributed by atoms with Crippen LogP contribution in [-0.2, 0) is 11.2 Å². The van der Waals surface area contributed by atoms with Gasteiger partial charge < -0.3 is 13.6 Å². The third-order valence-electron chi connectivity index (χ3n) is 2.23. The Balaban J connectivity index is 2.29. The number of para-hydroxylation sites is 1. The van der Waals surface area contributed by atoms with E-state index in [0.717, 1.165) is 36.2 Å². The number of aryl methyl sites for hydroxylation is 1. The van der Waals surface area contributed by atoms with Crippen molar-refractivity contribution < 1.29 is 13.6 Å². The van der Waals surface area contributed by atoms with Crippen molar-refractivity contribution in [2.45, 2.75) is 12.8 Å². The Hall–Kier alpha value is -1.13. The first-order valence-corrected chi connectivity index (χ1v) is 5.22. The summed E-state index contributed by atoms with van der Waals surface area (Å²) in [6, 6.07) is 5.82. The van der Waals surface area contributed by atoms with Gasteiger partial charge in [0.15, 0.2) is 11.2 Å². The lowest BCUT2D eigenvalue weighted by molar-refractivity contribution is 0.195. The van der Waals surface area contributed by atoms with Gasteiger partial charge in [-0.15, -0.1) is 0 Å². The highest BCUT2D eigenvalue weighted by molar-refractivity contribution is 7.71. The molecule has 1 heterocycles. The molecule has 0 unspecified atom stereocenters. The van der Waals surface area contributed by atoms with Crippen molar-refractivity contribution in [2.75, 3.05) is 13.7 Å². The molecule has 3 nitrogen and oxygen atoms in total. The fraction of sp³-hybridized carbons (Fsp3) is 0.364. The highest BCUT2D eigenvalue weighted by atomic mass is 32.1. The first-order chi connectivity index (χ1) is 7.31. The number of rotatable bonds is 4. The van der Waals surface area contributed by atoms with E-state index in [-0.39, 0.29) is 4.90 Å². The number of benzene rings is 1. The zero-order chi connectivity index (χ0) is 10.7. The number of ether oxygens (including phenoxy) is 1. The molecule has 0 radical (unpaired) electrons. The normalized spacial score (nSPS) is 11.0. The Labute approximate surface area is 92.6 Å². The maximum Gasteiger partial charge on any atom is 0.363 e. The second-order valence-electron chi connectivity index (χ2n) is 3.29. The molecule has 0 spiro atoms. The van der Waals surface area contributed by atoms with Crippen LogP contribution in [0, 0.1) is 4.90 Å². The summed E-state index contributed by atoms with van der Waals surface area (Å²) in [7, 11) is 1.70. The molecule has 2 rings (SSSR count). The molecule has 0 N–H and O–H groups in total. The molecular weight excluding hydrogens is 212 g/mol. The standard InChI is InChI=1S/C11H12O3S/c1-12-7-3-5-8-4-2-6-9-10(8)14-11(15)13-9/h2,4,6H,3,5,7H2,1H3. The molecule has 0 aliphatic rings. The summed E-state index contributed by atoms with van der Waals surface area (Å²) >= 11 is 4.85. The lowest BCUT2D eigenvalue weighted by atomic mass is 10.1. The van der Waals surface area contributed by atoms with E-state index in [2.05, 4.69) is 0 Å². The summed E-state index contributed by atoms with van der Waals surface area (Å²) in [4.78, 5) is 0.184. The van der Waals surface area contributed by atoms with Gasteiger partial charge in [-0.1, -0.05) is 12.1 Å². The molecule has 15 heavy (non-hydrogen) atoms. The van der Waals surface area contributed by atoms with E-state index in [0.29, 0.717) is 0 Å². The Bertz CT molecular complexity index is 498. The van der Waals surface area contributed by atoms with Crippen molar-refractivity contribution >= 4 is 23.4 Å². The van der Waals surface area contributed by atoms with Gasteiger partial charge in [0.1, 0.15) is 0 Å². The molecule has 0 fully saturated rings. The summed E-state index contributed by atoms with van der Waals surface area (Å²) < 4.78 is 15.6. The predicted molar refractivity (Wildman–Crippen MR) is 59.5 cm³/mol. The largest absolute Gasteiger partial charge is 0.413 e. The second kappa shape index (κ2) is 4.59. The van der Waals surface area contributed by atoms with E-state index >= 15 is 0 Å². The topological polar surface area (TPSA) is 35.5 Å². The Morgan fingerprint density at radius 3 is 3.00 bits per heavy atom. The summed E-state index contributed by atoms with van der Waals surface area (Å²) in [5, 5.41) is 0. The predicted octanol–water partition coefficient (Wildman–Crippen LogP) is 3.33. The summed E-state index contributed by atoms with van der Waals surface area (Å²) in [5.74, 6) is 0. The minimum absolute atomic E-state index is 0.184. The number of hydrogen-bond donors (Lipinski definition) is 0. The number of fused-ring (bicyclic) bond motifs is 1. The first-order valence-electron chi connectivity index (χ1n) is 4.82. The average Bonchev–Trinajstić information content (AvgIpc) is 2.59. The number of hydrogen-bond acceptors (Lipinski definition) is 4. The van der Waals surface area contributed by atoms with Crippen LogP contribution in [0.25, 0.3) is 11.2 Å². The van der Waals surface area contributed by atoms with Gasteiger partial charge in [0, 0.05) is 25.9 Å². The zero-order valence-electron chi connectivity index (χ0n) is 8.49. The highest BCUT2D eigenvalue weighted by Gasteiger charge is 2.06. The lowest BCUT2D eigenvalue weighted by Crippen LogP contribution is -1.92. The molecular formula is C11H12O3S. The molecule has 4 heteroatoms. The van der Waals surface area contributed by atoms with Gasteiger partial charge >= 0.3 is 4.90 Å². The van der Waals surface area contributed by atoms with Crippen LogP contribution in [-0.4, -0.2) is 13.7 Å². The van der Waals surface area contributed by atoms with Gasteiger partial charge in [0.2, 0.25) is 0 Å². The fourth-order valence-corrected chi connectivity index (χ4v) is 1.73. The monoisotopic (exact) mass is 224 g/mol. The molecule has 1 aromatic carbocycles. The molecule has 1 aromatic heterocycles. The van der Waals surface area contributed by atoms with E-state index in [9.17, 15) is 0 Å². The summed E-state index contributed by atoms with van der Waals surface area (Å²) in [6.07, 6.45) is 1.87. The van der Waals surface area contributed by atoms with E-state index < -0.39 is 0 Å². The summed E-state index contributed by atoms with van der Waals surface area (Å²) in [6.45, 7) is 0.745. The maximum atomic E-state index is 5.34. The Morgan fingerprint density at radius 2 is 2.20 bits per heavy atom.